The summed E-state index contributed by atoms with van der Waals surface area (Å²) in [5, 5.41) is 14.6. The molecule has 0 atom stereocenters. The number of pyridine rings is 1. The Morgan fingerprint density at radius 1 is 0.851 bits per heavy atom. The number of ether oxygens (including phenoxy) is 3. The molecule has 0 bridgehead atoms. The molecule has 3 N–H and O–H groups in total. The number of carboxylic acid groups (broad SMARTS) is 1. The van der Waals surface area contributed by atoms with E-state index >= 15 is 4.39 Å². The molecule has 4 aromatic rings. The average Bonchev–Trinajstić information content (AvgIpc) is 3.85. The molecule has 1 saturated carbocycles. The number of rotatable bonds is 15. The molecule has 1 aromatic heterocycles. The number of halogens is 2. The largest absolute Gasteiger partial charge is 1.00 e. The Hall–Kier alpha value is -4.66. The number of amides is 2. The van der Waals surface area contributed by atoms with Gasteiger partial charge in [0.25, 0.3) is 0 Å². The van der Waals surface area contributed by atoms with Gasteiger partial charge in [0.1, 0.15) is 17.0 Å². The first-order valence-corrected chi connectivity index (χ1v) is 14.9. The number of carboxylic acids is 1. The smallest absolute Gasteiger partial charge is 1.00 e. The van der Waals surface area contributed by atoms with E-state index < -0.39 is 34.8 Å². The molecule has 0 saturated heterocycles. The van der Waals surface area contributed by atoms with Crippen molar-refractivity contribution >= 4 is 40.1 Å². The van der Waals surface area contributed by atoms with Gasteiger partial charge in [-0.25, -0.2) is 8.78 Å². The standard InChI is InChI=1S/C34H33F2N3O7.Li.H/c1-44-29-19-24-26(20-30(29)45-17-5-3-2-4-6-31(40)41)37-16-13-27(24)46-28-12-11-23(18-25(28)36)39-33(43)34(14-15-34)32(42)38-22-9-7-21(35)8-10-22;;/h7-13,16,18-20H,2-6,14-15,17H2,1H3,(H,38,42)(H,39,43)(H,40,41);;/q;+1;-1. The van der Waals surface area contributed by atoms with Crippen molar-refractivity contribution < 1.29 is 62.8 Å². The Labute approximate surface area is 283 Å². The summed E-state index contributed by atoms with van der Waals surface area (Å²) < 4.78 is 45.7. The SMILES string of the molecule is COc1cc2c(Oc3ccc(NC(=O)C4(C(=O)Nc5ccc(F)cc5)CC4)cc3F)ccnc2cc1OCCCCCCC(=O)O.[H-].[Li+]. The van der Waals surface area contributed by atoms with Crippen LogP contribution in [0.5, 0.6) is 23.0 Å². The summed E-state index contributed by atoms with van der Waals surface area (Å²) >= 11 is 0. The molecule has 0 spiro atoms. The van der Waals surface area contributed by atoms with Crippen molar-refractivity contribution in [1.82, 2.24) is 4.98 Å². The molecule has 10 nitrogen and oxygen atoms in total. The van der Waals surface area contributed by atoms with Crippen molar-refractivity contribution in [2.45, 2.75) is 44.9 Å². The second-order valence-corrected chi connectivity index (χ2v) is 11.0. The van der Waals surface area contributed by atoms with Crippen LogP contribution in [0.15, 0.2) is 66.9 Å². The third kappa shape index (κ3) is 8.78. The Morgan fingerprint density at radius 3 is 2.19 bits per heavy atom. The van der Waals surface area contributed by atoms with Crippen LogP contribution >= 0.6 is 0 Å². The second kappa shape index (κ2) is 15.8. The Kier molecular flexibility index (Phi) is 11.8. The summed E-state index contributed by atoms with van der Waals surface area (Å²) in [5.74, 6) is -1.92. The third-order valence-corrected chi connectivity index (χ3v) is 7.66. The fourth-order valence-corrected chi connectivity index (χ4v) is 4.90. The summed E-state index contributed by atoms with van der Waals surface area (Å²) in [6.45, 7) is 0.416. The molecule has 1 heterocycles. The van der Waals surface area contributed by atoms with Gasteiger partial charge in [0.15, 0.2) is 23.1 Å². The zero-order valence-electron chi connectivity index (χ0n) is 27.1. The van der Waals surface area contributed by atoms with E-state index in [0.29, 0.717) is 59.7 Å². The number of hydrogen-bond donors (Lipinski definition) is 3. The molecule has 3 aromatic carbocycles. The van der Waals surface area contributed by atoms with Gasteiger partial charge in [0.05, 0.1) is 19.2 Å². The van der Waals surface area contributed by atoms with Gasteiger partial charge in [0.2, 0.25) is 11.8 Å². The molecule has 242 valence electrons. The van der Waals surface area contributed by atoms with Crippen LogP contribution in [0.3, 0.4) is 0 Å². The number of hydrogen-bond acceptors (Lipinski definition) is 7. The van der Waals surface area contributed by atoms with Crippen LogP contribution in [0.2, 0.25) is 0 Å². The normalized spacial score (nSPS) is 12.8. The minimum Gasteiger partial charge on any atom is -1.00 e. The zero-order valence-corrected chi connectivity index (χ0v) is 26.1. The van der Waals surface area contributed by atoms with E-state index in [1.54, 1.807) is 18.2 Å². The van der Waals surface area contributed by atoms with Crippen molar-refractivity contribution in [2.75, 3.05) is 24.4 Å². The summed E-state index contributed by atoms with van der Waals surface area (Å²) in [6.07, 6.45) is 5.34. The molecular formula is C34H34F2LiN3O7. The number of anilines is 2. The fourth-order valence-electron chi connectivity index (χ4n) is 4.90. The van der Waals surface area contributed by atoms with Gasteiger partial charge < -0.3 is 31.4 Å². The van der Waals surface area contributed by atoms with E-state index in [0.717, 1.165) is 25.3 Å². The van der Waals surface area contributed by atoms with E-state index in [4.69, 9.17) is 19.3 Å². The van der Waals surface area contributed by atoms with Crippen LogP contribution in [0.4, 0.5) is 20.2 Å². The minimum atomic E-state index is -1.29. The van der Waals surface area contributed by atoms with Crippen LogP contribution in [0.1, 0.15) is 46.4 Å². The number of benzene rings is 3. The zero-order chi connectivity index (χ0) is 32.7. The van der Waals surface area contributed by atoms with Crippen LogP contribution in [-0.2, 0) is 14.4 Å². The van der Waals surface area contributed by atoms with Gasteiger partial charge >= 0.3 is 24.8 Å². The molecule has 2 amide bonds. The first kappa shape index (κ1) is 35.2. The van der Waals surface area contributed by atoms with Gasteiger partial charge in [-0.3, -0.25) is 19.4 Å². The maximum Gasteiger partial charge on any atom is 1.00 e. The number of methoxy groups -OCH3 is 1. The van der Waals surface area contributed by atoms with Crippen molar-refractivity contribution in [3.05, 3.63) is 78.5 Å². The van der Waals surface area contributed by atoms with Crippen LogP contribution in [0.25, 0.3) is 10.9 Å². The van der Waals surface area contributed by atoms with Crippen LogP contribution < -0.4 is 43.7 Å². The number of carbonyl (C=O) groups is 3. The summed E-state index contributed by atoms with van der Waals surface area (Å²) in [4.78, 5) is 40.9. The number of fused-ring (bicyclic) bond motifs is 1. The minimum absolute atomic E-state index is 0. The molecule has 13 heteroatoms. The monoisotopic (exact) mass is 641 g/mol. The van der Waals surface area contributed by atoms with E-state index in [1.807, 2.05) is 0 Å². The van der Waals surface area contributed by atoms with Crippen molar-refractivity contribution in [3.63, 3.8) is 0 Å². The molecule has 1 aliphatic rings. The number of nitrogens with one attached hydrogen (secondary N) is 2. The number of nitrogens with zero attached hydrogens (tertiary/aromatic N) is 1. The second-order valence-electron chi connectivity index (χ2n) is 11.0. The molecule has 0 aliphatic heterocycles. The Bertz CT molecular complexity index is 1760. The first-order valence-electron chi connectivity index (χ1n) is 14.9. The van der Waals surface area contributed by atoms with Crippen LogP contribution in [0, 0.1) is 17.0 Å². The molecule has 47 heavy (non-hydrogen) atoms. The number of unbranched alkanes of at least 4 members (excludes halogenated alkanes) is 3. The predicted octanol–water partition coefficient (Wildman–Crippen LogP) is 4.20. The van der Waals surface area contributed by atoms with E-state index in [2.05, 4.69) is 15.6 Å². The maximum absolute atomic E-state index is 15.2. The Balaban J connectivity index is 0.00000312. The van der Waals surface area contributed by atoms with Gasteiger partial charge in [-0.2, -0.15) is 0 Å². The van der Waals surface area contributed by atoms with Gasteiger partial charge in [-0.05, 0) is 74.2 Å². The van der Waals surface area contributed by atoms with Crippen LogP contribution in [-0.4, -0.2) is 41.6 Å². The van der Waals surface area contributed by atoms with Crippen molar-refractivity contribution in [2.24, 2.45) is 5.41 Å². The molecule has 0 radical (unpaired) electrons. The summed E-state index contributed by atoms with van der Waals surface area (Å²) in [7, 11) is 1.50. The number of carbonyl (C=O) groups excluding carboxylic acids is 2. The molecule has 1 fully saturated rings. The molecular weight excluding hydrogens is 607 g/mol. The van der Waals surface area contributed by atoms with E-state index in [9.17, 15) is 18.8 Å². The maximum atomic E-state index is 15.2. The molecule has 5 rings (SSSR count). The Morgan fingerprint density at radius 2 is 1.53 bits per heavy atom. The molecule has 1 aliphatic carbocycles. The fraction of sp³-hybridized carbons (Fsp3) is 0.294. The summed E-state index contributed by atoms with van der Waals surface area (Å²) in [5.41, 5.74) is -0.238. The predicted molar refractivity (Wildman–Crippen MR) is 167 cm³/mol. The van der Waals surface area contributed by atoms with E-state index in [-0.39, 0.29) is 38.1 Å². The number of aliphatic carboxylic acids is 1. The molecule has 0 unspecified atom stereocenters. The number of aromatic nitrogens is 1. The average molecular weight is 642 g/mol. The first-order chi connectivity index (χ1) is 22.2. The summed E-state index contributed by atoms with van der Waals surface area (Å²) in [6, 6.07) is 14.2. The van der Waals surface area contributed by atoms with Crippen molar-refractivity contribution in [1.29, 1.82) is 0 Å². The topological polar surface area (TPSA) is 136 Å². The van der Waals surface area contributed by atoms with Crippen molar-refractivity contribution in [3.8, 4) is 23.0 Å². The third-order valence-electron chi connectivity index (χ3n) is 7.66. The quantitative estimate of drug-likeness (QED) is 0.0999. The van der Waals surface area contributed by atoms with Gasteiger partial charge in [0, 0.05) is 41.5 Å². The van der Waals surface area contributed by atoms with E-state index in [1.165, 1.54) is 49.7 Å². The van der Waals surface area contributed by atoms with Gasteiger partial charge in [-0.1, -0.05) is 12.8 Å². The van der Waals surface area contributed by atoms with Gasteiger partial charge in [-0.15, -0.1) is 0 Å².